The second kappa shape index (κ2) is 4.99. The van der Waals surface area contributed by atoms with E-state index >= 15 is 0 Å². The number of nitrogens with zero attached hydrogens (tertiary/aromatic N) is 1. The molecule has 0 radical (unpaired) electrons. The molecule has 0 saturated carbocycles. The summed E-state index contributed by atoms with van der Waals surface area (Å²) in [5, 5.41) is 1.98. The second-order valence-electron chi connectivity index (χ2n) is 2.86. The van der Waals surface area contributed by atoms with Crippen molar-refractivity contribution in [2.45, 2.75) is 6.42 Å². The third-order valence-corrected chi connectivity index (χ3v) is 2.67. The predicted octanol–water partition coefficient (Wildman–Crippen LogP) is 0.708. The molecule has 0 saturated heterocycles. The maximum atomic E-state index is 11.5. The molecule has 0 atom stereocenters. The van der Waals surface area contributed by atoms with Crippen LogP contribution in [0, 0.1) is 0 Å². The van der Waals surface area contributed by atoms with Gasteiger partial charge in [0.15, 0.2) is 0 Å². The molecule has 13 heavy (non-hydrogen) atoms. The number of carbonyl (C=O) groups excluding carboxylic acids is 1. The number of hydrogen-bond acceptors (Lipinski definition) is 3. The second-order valence-corrected chi connectivity index (χ2v) is 3.89. The summed E-state index contributed by atoms with van der Waals surface area (Å²) in [6.07, 6.45) is 0.494. The minimum atomic E-state index is 0.132. The van der Waals surface area contributed by atoms with Crippen molar-refractivity contribution >= 4 is 17.2 Å². The molecule has 1 rings (SSSR count). The lowest BCUT2D eigenvalue weighted by Crippen LogP contribution is -2.32. The number of amides is 1. The van der Waals surface area contributed by atoms with E-state index in [-0.39, 0.29) is 5.91 Å². The summed E-state index contributed by atoms with van der Waals surface area (Å²) in [6, 6.07) is 3.93. The van der Waals surface area contributed by atoms with Gasteiger partial charge >= 0.3 is 0 Å². The highest BCUT2D eigenvalue weighted by Crippen LogP contribution is 2.09. The first-order chi connectivity index (χ1) is 6.24. The zero-order valence-electron chi connectivity index (χ0n) is 7.69. The average Bonchev–Trinajstić information content (AvgIpc) is 2.57. The van der Waals surface area contributed by atoms with Crippen LogP contribution in [-0.2, 0) is 11.2 Å². The van der Waals surface area contributed by atoms with Crippen molar-refractivity contribution in [3.05, 3.63) is 22.4 Å². The van der Waals surface area contributed by atoms with Gasteiger partial charge in [-0.1, -0.05) is 6.07 Å². The van der Waals surface area contributed by atoms with E-state index in [4.69, 9.17) is 5.73 Å². The van der Waals surface area contributed by atoms with E-state index in [1.165, 1.54) is 0 Å². The van der Waals surface area contributed by atoms with Gasteiger partial charge in [-0.25, -0.2) is 0 Å². The highest BCUT2D eigenvalue weighted by atomic mass is 32.1. The first-order valence-corrected chi connectivity index (χ1v) is 5.08. The van der Waals surface area contributed by atoms with Crippen LogP contribution in [0.2, 0.25) is 0 Å². The predicted molar refractivity (Wildman–Crippen MR) is 54.7 cm³/mol. The van der Waals surface area contributed by atoms with Crippen LogP contribution >= 0.6 is 11.3 Å². The van der Waals surface area contributed by atoms with Crippen molar-refractivity contribution in [2.75, 3.05) is 20.1 Å². The summed E-state index contributed by atoms with van der Waals surface area (Å²) in [5.41, 5.74) is 5.35. The maximum Gasteiger partial charge on any atom is 0.227 e. The molecule has 0 aromatic carbocycles. The standard InChI is InChI=1S/C9H14N2OS/c1-11(5-4-10)9(12)7-8-3-2-6-13-8/h2-3,6H,4-5,7,10H2,1H3. The Kier molecular flexibility index (Phi) is 3.92. The zero-order valence-corrected chi connectivity index (χ0v) is 8.51. The van der Waals surface area contributed by atoms with E-state index in [9.17, 15) is 4.79 Å². The van der Waals surface area contributed by atoms with Gasteiger partial charge in [-0.15, -0.1) is 11.3 Å². The molecular formula is C9H14N2OS. The summed E-state index contributed by atoms with van der Waals surface area (Å²) >= 11 is 1.61. The van der Waals surface area contributed by atoms with E-state index in [2.05, 4.69) is 0 Å². The fourth-order valence-electron chi connectivity index (χ4n) is 1.02. The molecule has 1 aromatic heterocycles. The molecule has 0 aliphatic rings. The van der Waals surface area contributed by atoms with Crippen molar-refractivity contribution in [1.29, 1.82) is 0 Å². The molecule has 0 spiro atoms. The highest BCUT2D eigenvalue weighted by molar-refractivity contribution is 7.10. The lowest BCUT2D eigenvalue weighted by atomic mass is 10.3. The number of carbonyl (C=O) groups is 1. The Hall–Kier alpha value is -0.870. The summed E-state index contributed by atoms with van der Waals surface area (Å²) in [5.74, 6) is 0.132. The molecule has 1 aromatic rings. The van der Waals surface area contributed by atoms with Gasteiger partial charge in [0.25, 0.3) is 0 Å². The van der Waals surface area contributed by atoms with Gasteiger partial charge in [0.05, 0.1) is 6.42 Å². The first kappa shape index (κ1) is 10.2. The fourth-order valence-corrected chi connectivity index (χ4v) is 1.71. The van der Waals surface area contributed by atoms with Crippen LogP contribution in [0.5, 0.6) is 0 Å². The summed E-state index contributed by atoms with van der Waals surface area (Å²) in [6.45, 7) is 1.15. The monoisotopic (exact) mass is 198 g/mol. The smallest absolute Gasteiger partial charge is 0.227 e. The van der Waals surface area contributed by atoms with Crippen molar-refractivity contribution in [3.63, 3.8) is 0 Å². The minimum Gasteiger partial charge on any atom is -0.344 e. The van der Waals surface area contributed by atoms with E-state index in [0.717, 1.165) is 4.88 Å². The lowest BCUT2D eigenvalue weighted by molar-refractivity contribution is -0.129. The Labute approximate surface area is 82.2 Å². The van der Waals surface area contributed by atoms with Gasteiger partial charge in [0.1, 0.15) is 0 Å². The van der Waals surface area contributed by atoms with Crippen LogP contribution in [0.1, 0.15) is 4.88 Å². The van der Waals surface area contributed by atoms with Gasteiger partial charge in [0.2, 0.25) is 5.91 Å². The van der Waals surface area contributed by atoms with Crippen molar-refractivity contribution in [3.8, 4) is 0 Å². The van der Waals surface area contributed by atoms with Crippen LogP contribution in [0.3, 0.4) is 0 Å². The van der Waals surface area contributed by atoms with E-state index < -0.39 is 0 Å². The lowest BCUT2D eigenvalue weighted by Gasteiger charge is -2.14. The van der Waals surface area contributed by atoms with Crippen LogP contribution in [-0.4, -0.2) is 30.9 Å². The quantitative estimate of drug-likeness (QED) is 0.774. The molecule has 0 aliphatic heterocycles. The Balaban J connectivity index is 2.41. The van der Waals surface area contributed by atoms with Gasteiger partial charge in [-0.3, -0.25) is 4.79 Å². The molecule has 0 bridgehead atoms. The molecular weight excluding hydrogens is 184 g/mol. The molecule has 0 fully saturated rings. The third-order valence-electron chi connectivity index (χ3n) is 1.80. The normalized spacial score (nSPS) is 10.0. The van der Waals surface area contributed by atoms with E-state index in [0.29, 0.717) is 19.5 Å². The Morgan fingerprint density at radius 3 is 3.00 bits per heavy atom. The summed E-state index contributed by atoms with van der Waals surface area (Å²) in [7, 11) is 1.78. The molecule has 1 amide bonds. The van der Waals surface area contributed by atoms with E-state index in [1.807, 2.05) is 17.5 Å². The largest absolute Gasteiger partial charge is 0.344 e. The topological polar surface area (TPSA) is 46.3 Å². The number of likely N-dealkylation sites (N-methyl/N-ethyl adjacent to an activating group) is 1. The van der Waals surface area contributed by atoms with Gasteiger partial charge < -0.3 is 10.6 Å². The van der Waals surface area contributed by atoms with Crippen molar-refractivity contribution < 1.29 is 4.79 Å². The first-order valence-electron chi connectivity index (χ1n) is 4.20. The van der Waals surface area contributed by atoms with Gasteiger partial charge in [0, 0.05) is 25.0 Å². The number of nitrogens with two attached hydrogens (primary N) is 1. The van der Waals surface area contributed by atoms with Crippen LogP contribution in [0.25, 0.3) is 0 Å². The molecule has 0 unspecified atom stereocenters. The fraction of sp³-hybridized carbons (Fsp3) is 0.444. The number of thiophene rings is 1. The number of rotatable bonds is 4. The molecule has 2 N–H and O–H groups in total. The molecule has 0 aliphatic carbocycles. The molecule has 3 nitrogen and oxygen atoms in total. The minimum absolute atomic E-state index is 0.132. The zero-order chi connectivity index (χ0) is 9.68. The Morgan fingerprint density at radius 1 is 1.69 bits per heavy atom. The van der Waals surface area contributed by atoms with Gasteiger partial charge in [-0.05, 0) is 11.4 Å². The Bertz CT molecular complexity index is 259. The highest BCUT2D eigenvalue weighted by Gasteiger charge is 2.08. The maximum absolute atomic E-state index is 11.5. The van der Waals surface area contributed by atoms with Crippen molar-refractivity contribution in [2.24, 2.45) is 5.73 Å². The SMILES string of the molecule is CN(CCN)C(=O)Cc1cccs1. The van der Waals surface area contributed by atoms with E-state index in [1.54, 1.807) is 23.3 Å². The molecule has 1 heterocycles. The van der Waals surface area contributed by atoms with Crippen molar-refractivity contribution in [1.82, 2.24) is 4.90 Å². The Morgan fingerprint density at radius 2 is 2.46 bits per heavy atom. The van der Waals surface area contributed by atoms with Crippen LogP contribution in [0.4, 0.5) is 0 Å². The summed E-state index contributed by atoms with van der Waals surface area (Å²) in [4.78, 5) is 14.2. The molecule has 72 valence electrons. The third kappa shape index (κ3) is 3.16. The van der Waals surface area contributed by atoms with Gasteiger partial charge in [-0.2, -0.15) is 0 Å². The molecule has 4 heteroatoms. The number of hydrogen-bond donors (Lipinski definition) is 1. The van der Waals surface area contributed by atoms with Crippen LogP contribution < -0.4 is 5.73 Å². The summed E-state index contributed by atoms with van der Waals surface area (Å²) < 4.78 is 0. The van der Waals surface area contributed by atoms with Crippen LogP contribution in [0.15, 0.2) is 17.5 Å². The average molecular weight is 198 g/mol.